The Morgan fingerprint density at radius 2 is 2.13 bits per heavy atom. The van der Waals surface area contributed by atoms with Crippen molar-refractivity contribution in [2.24, 2.45) is 11.3 Å². The van der Waals surface area contributed by atoms with E-state index in [1.54, 1.807) is 29.5 Å². The minimum absolute atomic E-state index is 0.0779. The van der Waals surface area contributed by atoms with Crippen LogP contribution in [0.4, 0.5) is 0 Å². The third-order valence-electron chi connectivity index (χ3n) is 4.67. The normalized spacial score (nSPS) is 18.9. The lowest BCUT2D eigenvalue weighted by atomic mass is 9.76. The molecule has 1 aliphatic rings. The van der Waals surface area contributed by atoms with Gasteiger partial charge in [-0.1, -0.05) is 20.8 Å². The number of pyridine rings is 1. The first-order chi connectivity index (χ1) is 10.9. The fourth-order valence-corrected chi connectivity index (χ4v) is 3.11. The second kappa shape index (κ2) is 6.14. The van der Waals surface area contributed by atoms with Crippen LogP contribution < -0.4 is 0 Å². The van der Waals surface area contributed by atoms with Crippen molar-refractivity contribution in [3.8, 4) is 5.69 Å². The fraction of sp³-hybridized carbons (Fsp3) is 0.500. The molecule has 1 amide bonds. The lowest BCUT2D eigenvalue weighted by Gasteiger charge is -2.39. The molecule has 1 aliphatic heterocycles. The topological polar surface area (TPSA) is 51.0 Å². The van der Waals surface area contributed by atoms with Crippen molar-refractivity contribution < 1.29 is 4.79 Å². The fourth-order valence-electron chi connectivity index (χ4n) is 3.11. The monoisotopic (exact) mass is 312 g/mol. The minimum Gasteiger partial charge on any atom is -0.338 e. The second-order valence-electron chi connectivity index (χ2n) is 7.34. The molecule has 3 rings (SSSR count). The summed E-state index contributed by atoms with van der Waals surface area (Å²) in [6.45, 7) is 8.44. The number of aromatic nitrogens is 3. The number of amides is 1. The van der Waals surface area contributed by atoms with Gasteiger partial charge in [0.1, 0.15) is 0 Å². The zero-order chi connectivity index (χ0) is 16.4. The molecule has 0 saturated carbocycles. The summed E-state index contributed by atoms with van der Waals surface area (Å²) in [5, 5.41) is 4.30. The number of piperidine rings is 1. The molecular weight excluding hydrogens is 288 g/mol. The summed E-state index contributed by atoms with van der Waals surface area (Å²) in [5.74, 6) is 0.627. The molecule has 2 aromatic rings. The van der Waals surface area contributed by atoms with Gasteiger partial charge in [-0.05, 0) is 36.3 Å². The first-order valence-corrected chi connectivity index (χ1v) is 8.19. The summed E-state index contributed by atoms with van der Waals surface area (Å²) in [7, 11) is 0. The number of rotatable bonds is 2. The van der Waals surface area contributed by atoms with E-state index in [9.17, 15) is 4.79 Å². The molecule has 5 nitrogen and oxygen atoms in total. The highest BCUT2D eigenvalue weighted by Crippen LogP contribution is 2.33. The van der Waals surface area contributed by atoms with E-state index in [4.69, 9.17) is 0 Å². The van der Waals surface area contributed by atoms with E-state index in [0.717, 1.165) is 25.2 Å². The third-order valence-corrected chi connectivity index (χ3v) is 4.67. The lowest BCUT2D eigenvalue weighted by molar-refractivity contribution is 0.0563. The zero-order valence-electron chi connectivity index (χ0n) is 14.1. The summed E-state index contributed by atoms with van der Waals surface area (Å²) >= 11 is 0. The van der Waals surface area contributed by atoms with Crippen molar-refractivity contribution in [2.75, 3.05) is 13.1 Å². The number of nitrogens with zero attached hydrogens (tertiary/aromatic N) is 4. The number of hydrogen-bond donors (Lipinski definition) is 0. The highest BCUT2D eigenvalue weighted by atomic mass is 16.2. The van der Waals surface area contributed by atoms with Crippen LogP contribution in [0.25, 0.3) is 5.69 Å². The minimum atomic E-state index is 0.0779. The average Bonchev–Trinajstić information content (AvgIpc) is 3.04. The van der Waals surface area contributed by atoms with Gasteiger partial charge in [-0.2, -0.15) is 5.10 Å². The average molecular weight is 312 g/mol. The molecule has 0 bridgehead atoms. The predicted molar refractivity (Wildman–Crippen MR) is 89.4 cm³/mol. The maximum Gasteiger partial charge on any atom is 0.257 e. The molecule has 0 unspecified atom stereocenters. The highest BCUT2D eigenvalue weighted by molar-refractivity contribution is 5.93. The quantitative estimate of drug-likeness (QED) is 0.856. The van der Waals surface area contributed by atoms with Crippen LogP contribution >= 0.6 is 0 Å². The molecule has 0 radical (unpaired) electrons. The standard InChI is InChI=1S/C18H24N4O/c1-18(2,3)15-6-5-9-21(13-15)17(23)14-10-20-22(12-14)16-7-4-8-19-11-16/h4,7-8,10-12,15H,5-6,9,13H2,1-3H3/t15-/m1/s1. The predicted octanol–water partition coefficient (Wildman–Crippen LogP) is 3.17. The number of carbonyl (C=O) groups is 1. The smallest absolute Gasteiger partial charge is 0.257 e. The molecule has 0 N–H and O–H groups in total. The zero-order valence-corrected chi connectivity index (χ0v) is 14.1. The maximum atomic E-state index is 12.8. The van der Waals surface area contributed by atoms with Gasteiger partial charge in [0.05, 0.1) is 23.6 Å². The molecular formula is C18H24N4O. The molecule has 1 saturated heterocycles. The maximum absolute atomic E-state index is 12.8. The van der Waals surface area contributed by atoms with E-state index >= 15 is 0 Å². The molecule has 1 atom stereocenters. The first-order valence-electron chi connectivity index (χ1n) is 8.19. The van der Waals surface area contributed by atoms with Crippen LogP contribution in [0.3, 0.4) is 0 Å². The van der Waals surface area contributed by atoms with E-state index < -0.39 is 0 Å². The van der Waals surface area contributed by atoms with Gasteiger partial charge in [-0.3, -0.25) is 9.78 Å². The Bertz CT molecular complexity index is 672. The Labute approximate surface area is 137 Å². The summed E-state index contributed by atoms with van der Waals surface area (Å²) in [5.41, 5.74) is 1.74. The van der Waals surface area contributed by atoms with Crippen LogP contribution in [0.1, 0.15) is 44.0 Å². The van der Waals surface area contributed by atoms with Crippen molar-refractivity contribution >= 4 is 5.91 Å². The van der Waals surface area contributed by atoms with Crippen LogP contribution in [0, 0.1) is 11.3 Å². The van der Waals surface area contributed by atoms with Crippen molar-refractivity contribution in [1.29, 1.82) is 0 Å². The number of carbonyl (C=O) groups excluding carboxylic acids is 1. The lowest BCUT2D eigenvalue weighted by Crippen LogP contribution is -2.43. The third kappa shape index (κ3) is 3.44. The van der Waals surface area contributed by atoms with Crippen LogP contribution in [-0.2, 0) is 0 Å². The van der Waals surface area contributed by atoms with Crippen LogP contribution in [0.5, 0.6) is 0 Å². The highest BCUT2D eigenvalue weighted by Gasteiger charge is 2.32. The van der Waals surface area contributed by atoms with E-state index in [2.05, 4.69) is 30.9 Å². The summed E-state index contributed by atoms with van der Waals surface area (Å²) < 4.78 is 1.70. The second-order valence-corrected chi connectivity index (χ2v) is 7.34. The van der Waals surface area contributed by atoms with Crippen molar-refractivity contribution in [3.05, 3.63) is 42.5 Å². The summed E-state index contributed by atoms with van der Waals surface area (Å²) in [6.07, 6.45) is 9.17. The molecule has 122 valence electrons. The molecule has 2 aromatic heterocycles. The Morgan fingerprint density at radius 3 is 2.83 bits per heavy atom. The van der Waals surface area contributed by atoms with Gasteiger partial charge in [0.15, 0.2) is 0 Å². The SMILES string of the molecule is CC(C)(C)[C@@H]1CCCN(C(=O)c2cnn(-c3cccnc3)c2)C1. The number of hydrogen-bond acceptors (Lipinski definition) is 3. The van der Waals surface area contributed by atoms with Crippen LogP contribution in [-0.4, -0.2) is 38.7 Å². The summed E-state index contributed by atoms with van der Waals surface area (Å²) in [6, 6.07) is 3.78. The molecule has 0 aromatic carbocycles. The van der Waals surface area contributed by atoms with Gasteiger partial charge >= 0.3 is 0 Å². The Morgan fingerprint density at radius 1 is 1.30 bits per heavy atom. The molecule has 0 aliphatic carbocycles. The van der Waals surface area contributed by atoms with Gasteiger partial charge in [0, 0.05) is 25.5 Å². The van der Waals surface area contributed by atoms with E-state index in [0.29, 0.717) is 11.5 Å². The largest absolute Gasteiger partial charge is 0.338 e. The molecule has 23 heavy (non-hydrogen) atoms. The van der Waals surface area contributed by atoms with Crippen molar-refractivity contribution in [1.82, 2.24) is 19.7 Å². The first kappa shape index (κ1) is 15.7. The Kier molecular flexibility index (Phi) is 4.20. The van der Waals surface area contributed by atoms with Crippen molar-refractivity contribution in [2.45, 2.75) is 33.6 Å². The Balaban J connectivity index is 1.75. The summed E-state index contributed by atoms with van der Waals surface area (Å²) in [4.78, 5) is 18.8. The van der Waals surface area contributed by atoms with Gasteiger partial charge in [-0.25, -0.2) is 4.68 Å². The van der Waals surface area contributed by atoms with Crippen molar-refractivity contribution in [3.63, 3.8) is 0 Å². The van der Waals surface area contributed by atoms with Gasteiger partial charge < -0.3 is 4.90 Å². The number of likely N-dealkylation sites (tertiary alicyclic amines) is 1. The van der Waals surface area contributed by atoms with Crippen LogP contribution in [0.15, 0.2) is 36.9 Å². The molecule has 5 heteroatoms. The van der Waals surface area contributed by atoms with Gasteiger partial charge in [0.2, 0.25) is 0 Å². The Hall–Kier alpha value is -2.17. The molecule has 3 heterocycles. The molecule has 0 spiro atoms. The van der Waals surface area contributed by atoms with Crippen LogP contribution in [0.2, 0.25) is 0 Å². The van der Waals surface area contributed by atoms with E-state index in [-0.39, 0.29) is 11.3 Å². The molecule has 1 fully saturated rings. The van der Waals surface area contributed by atoms with Gasteiger partial charge in [-0.15, -0.1) is 0 Å². The van der Waals surface area contributed by atoms with E-state index in [1.165, 1.54) is 6.42 Å². The van der Waals surface area contributed by atoms with E-state index in [1.807, 2.05) is 17.0 Å². The van der Waals surface area contributed by atoms with Gasteiger partial charge in [0.25, 0.3) is 5.91 Å².